The Balaban J connectivity index is 2.46. The van der Waals surface area contributed by atoms with Gasteiger partial charge in [-0.1, -0.05) is 31.5 Å². The van der Waals surface area contributed by atoms with Crippen LogP contribution < -0.4 is 4.74 Å². The SMILES string of the molecule is COc1ccc(CN([C@H](CO)CC(C)C)S(=O)(=O)c2ccc(Cl)cc2)cc1F. The Bertz CT molecular complexity index is 888. The van der Waals surface area contributed by atoms with Gasteiger partial charge in [0.15, 0.2) is 11.6 Å². The summed E-state index contributed by atoms with van der Waals surface area (Å²) in [6.07, 6.45) is 0.460. The molecular weight excluding hydrogens is 405 g/mol. The van der Waals surface area contributed by atoms with Crippen LogP contribution in [0.3, 0.4) is 0 Å². The number of benzene rings is 2. The molecule has 8 heteroatoms. The molecule has 2 aromatic carbocycles. The zero-order chi connectivity index (χ0) is 20.9. The third-order valence-corrected chi connectivity index (χ3v) is 6.50. The highest BCUT2D eigenvalue weighted by molar-refractivity contribution is 7.89. The van der Waals surface area contributed by atoms with E-state index in [1.54, 1.807) is 6.07 Å². The third-order valence-electron chi connectivity index (χ3n) is 4.34. The number of methoxy groups -OCH3 is 1. The van der Waals surface area contributed by atoms with Crippen molar-refractivity contribution in [1.29, 1.82) is 0 Å². The first-order valence-electron chi connectivity index (χ1n) is 8.89. The topological polar surface area (TPSA) is 66.8 Å². The van der Waals surface area contributed by atoms with E-state index in [0.29, 0.717) is 17.0 Å². The van der Waals surface area contributed by atoms with Crippen molar-refractivity contribution in [3.05, 3.63) is 58.9 Å². The van der Waals surface area contributed by atoms with Crippen molar-refractivity contribution in [2.45, 2.75) is 37.8 Å². The lowest BCUT2D eigenvalue weighted by Gasteiger charge is -2.31. The molecule has 1 N–H and O–H groups in total. The number of rotatable bonds is 9. The maximum atomic E-state index is 14.1. The van der Waals surface area contributed by atoms with Crippen molar-refractivity contribution in [1.82, 2.24) is 4.31 Å². The normalized spacial score (nSPS) is 13.1. The summed E-state index contributed by atoms with van der Waals surface area (Å²) in [6.45, 7) is 3.47. The van der Waals surface area contributed by atoms with E-state index in [0.717, 1.165) is 0 Å². The lowest BCUT2D eigenvalue weighted by Crippen LogP contribution is -2.42. The molecule has 0 saturated carbocycles. The van der Waals surface area contributed by atoms with Crippen molar-refractivity contribution >= 4 is 21.6 Å². The van der Waals surface area contributed by atoms with Crippen LogP contribution in [0.5, 0.6) is 5.75 Å². The summed E-state index contributed by atoms with van der Waals surface area (Å²) >= 11 is 5.87. The van der Waals surface area contributed by atoms with Crippen LogP contribution in [0.4, 0.5) is 4.39 Å². The van der Waals surface area contributed by atoms with Crippen molar-refractivity contribution in [3.63, 3.8) is 0 Å². The van der Waals surface area contributed by atoms with E-state index < -0.39 is 21.9 Å². The molecule has 0 saturated heterocycles. The van der Waals surface area contributed by atoms with E-state index in [1.807, 2.05) is 13.8 Å². The van der Waals surface area contributed by atoms with Crippen LogP contribution in [0.15, 0.2) is 47.4 Å². The van der Waals surface area contributed by atoms with E-state index in [2.05, 4.69) is 0 Å². The predicted octanol–water partition coefficient (Wildman–Crippen LogP) is 4.09. The second-order valence-electron chi connectivity index (χ2n) is 6.94. The third kappa shape index (κ3) is 5.44. The zero-order valence-corrected chi connectivity index (χ0v) is 17.7. The number of nitrogens with zero attached hydrogens (tertiary/aromatic N) is 1. The van der Waals surface area contributed by atoms with Crippen LogP contribution in [-0.2, 0) is 16.6 Å². The molecule has 5 nitrogen and oxygen atoms in total. The second-order valence-corrected chi connectivity index (χ2v) is 9.27. The van der Waals surface area contributed by atoms with Crippen molar-refractivity contribution in [2.75, 3.05) is 13.7 Å². The molecular formula is C20H25ClFNO4S. The van der Waals surface area contributed by atoms with Gasteiger partial charge in [-0.25, -0.2) is 12.8 Å². The maximum Gasteiger partial charge on any atom is 0.243 e. The number of hydrogen-bond donors (Lipinski definition) is 1. The van der Waals surface area contributed by atoms with Crippen LogP contribution in [-0.4, -0.2) is 37.6 Å². The molecule has 2 aromatic rings. The Hall–Kier alpha value is -1.67. The molecule has 0 amide bonds. The first-order valence-corrected chi connectivity index (χ1v) is 10.7. The molecule has 2 rings (SSSR count). The first kappa shape index (κ1) is 22.6. The van der Waals surface area contributed by atoms with Gasteiger partial charge in [0.2, 0.25) is 10.0 Å². The standard InChI is InChI=1S/C20H25ClFNO4S/c1-14(2)10-17(13-24)23(12-15-4-9-20(27-3)19(22)11-15)28(25,26)18-7-5-16(21)6-8-18/h4-9,11,14,17,24H,10,12-13H2,1-3H3/t17-/m0/s1. The smallest absolute Gasteiger partial charge is 0.243 e. The highest BCUT2D eigenvalue weighted by Gasteiger charge is 2.32. The van der Waals surface area contributed by atoms with Gasteiger partial charge in [-0.3, -0.25) is 0 Å². The Labute approximate surface area is 170 Å². The van der Waals surface area contributed by atoms with Gasteiger partial charge < -0.3 is 9.84 Å². The van der Waals surface area contributed by atoms with Gasteiger partial charge in [0.1, 0.15) is 0 Å². The molecule has 0 fully saturated rings. The summed E-state index contributed by atoms with van der Waals surface area (Å²) in [5.41, 5.74) is 0.457. The summed E-state index contributed by atoms with van der Waals surface area (Å²) in [5.74, 6) is -0.335. The van der Waals surface area contributed by atoms with Gasteiger partial charge in [0.25, 0.3) is 0 Å². The summed E-state index contributed by atoms with van der Waals surface area (Å²) in [6, 6.07) is 9.49. The molecule has 0 aliphatic carbocycles. The zero-order valence-electron chi connectivity index (χ0n) is 16.1. The number of aliphatic hydroxyl groups excluding tert-OH is 1. The lowest BCUT2D eigenvalue weighted by molar-refractivity contribution is 0.164. The molecule has 0 aliphatic heterocycles. The number of halogens is 2. The average Bonchev–Trinajstić information content (AvgIpc) is 2.64. The number of hydrogen-bond acceptors (Lipinski definition) is 4. The Morgan fingerprint density at radius 1 is 1.18 bits per heavy atom. The van der Waals surface area contributed by atoms with Crippen LogP contribution in [0.1, 0.15) is 25.8 Å². The van der Waals surface area contributed by atoms with E-state index in [-0.39, 0.29) is 29.7 Å². The number of sulfonamides is 1. The van der Waals surface area contributed by atoms with Crippen LogP contribution in [0.25, 0.3) is 0 Å². The fraction of sp³-hybridized carbons (Fsp3) is 0.400. The van der Waals surface area contributed by atoms with Crippen LogP contribution in [0, 0.1) is 11.7 Å². The summed E-state index contributed by atoms with van der Waals surface area (Å²) in [5, 5.41) is 10.3. The van der Waals surface area contributed by atoms with E-state index in [9.17, 15) is 17.9 Å². The molecule has 0 radical (unpaired) electrons. The van der Waals surface area contributed by atoms with Gasteiger partial charge >= 0.3 is 0 Å². The van der Waals surface area contributed by atoms with Crippen molar-refractivity contribution < 1.29 is 22.7 Å². The van der Waals surface area contributed by atoms with Gasteiger partial charge in [-0.2, -0.15) is 4.31 Å². The Morgan fingerprint density at radius 2 is 1.82 bits per heavy atom. The molecule has 0 aromatic heterocycles. The van der Waals surface area contributed by atoms with E-state index >= 15 is 0 Å². The summed E-state index contributed by atoms with van der Waals surface area (Å²) in [7, 11) is -2.58. The average molecular weight is 430 g/mol. The van der Waals surface area contributed by atoms with Crippen molar-refractivity contribution in [3.8, 4) is 5.75 Å². The van der Waals surface area contributed by atoms with Crippen LogP contribution >= 0.6 is 11.6 Å². The molecule has 0 unspecified atom stereocenters. The lowest BCUT2D eigenvalue weighted by atomic mass is 10.0. The minimum absolute atomic E-state index is 0.0630. The highest BCUT2D eigenvalue weighted by Crippen LogP contribution is 2.27. The molecule has 0 aliphatic rings. The fourth-order valence-corrected chi connectivity index (χ4v) is 4.71. The van der Waals surface area contributed by atoms with E-state index in [1.165, 1.54) is 47.8 Å². The monoisotopic (exact) mass is 429 g/mol. The second kappa shape index (κ2) is 9.69. The van der Waals surface area contributed by atoms with Crippen LogP contribution in [0.2, 0.25) is 5.02 Å². The fourth-order valence-electron chi connectivity index (χ4n) is 2.97. The quantitative estimate of drug-likeness (QED) is 0.652. The predicted molar refractivity (Wildman–Crippen MR) is 107 cm³/mol. The van der Waals surface area contributed by atoms with E-state index in [4.69, 9.17) is 16.3 Å². The molecule has 28 heavy (non-hydrogen) atoms. The number of ether oxygens (including phenoxy) is 1. The highest BCUT2D eigenvalue weighted by atomic mass is 35.5. The van der Waals surface area contributed by atoms with Gasteiger partial charge in [-0.15, -0.1) is 0 Å². The maximum absolute atomic E-state index is 14.1. The molecule has 0 bridgehead atoms. The molecule has 0 heterocycles. The minimum atomic E-state index is -3.94. The van der Waals surface area contributed by atoms with Gasteiger partial charge in [0, 0.05) is 17.6 Å². The molecule has 1 atom stereocenters. The van der Waals surface area contributed by atoms with Crippen molar-refractivity contribution in [2.24, 2.45) is 5.92 Å². The summed E-state index contributed by atoms with van der Waals surface area (Å²) < 4.78 is 46.8. The molecule has 154 valence electrons. The Morgan fingerprint density at radius 3 is 2.32 bits per heavy atom. The Kier molecular flexibility index (Phi) is 7.83. The van der Waals surface area contributed by atoms with Gasteiger partial charge in [0.05, 0.1) is 18.6 Å². The molecule has 0 spiro atoms. The minimum Gasteiger partial charge on any atom is -0.494 e. The first-order chi connectivity index (χ1) is 13.2. The van der Waals surface area contributed by atoms with Gasteiger partial charge in [-0.05, 0) is 54.3 Å². The summed E-state index contributed by atoms with van der Waals surface area (Å²) in [4.78, 5) is 0.0630. The number of aliphatic hydroxyl groups is 1. The largest absolute Gasteiger partial charge is 0.494 e.